The molecule has 0 aliphatic carbocycles. The third-order valence-corrected chi connectivity index (χ3v) is 3.02. The van der Waals surface area contributed by atoms with Gasteiger partial charge in [0.15, 0.2) is 0 Å². The largest absolute Gasteiger partial charge is 0.478 e. The van der Waals surface area contributed by atoms with Gasteiger partial charge in [0.25, 0.3) is 0 Å². The van der Waals surface area contributed by atoms with Crippen molar-refractivity contribution in [3.8, 4) is 5.88 Å². The molecular weight excluding hydrogens is 244 g/mol. The van der Waals surface area contributed by atoms with Crippen LogP contribution in [0.5, 0.6) is 5.88 Å². The lowest BCUT2D eigenvalue weighted by Crippen LogP contribution is -2.28. The SMILES string of the molecule is CCc1cc(C(=O)O)cc(OCCN(CC)CC)n1. The molecule has 0 aliphatic heterocycles. The van der Waals surface area contributed by atoms with E-state index < -0.39 is 5.97 Å². The summed E-state index contributed by atoms with van der Waals surface area (Å²) in [4.78, 5) is 17.5. The fraction of sp³-hybridized carbons (Fsp3) is 0.571. The lowest BCUT2D eigenvalue weighted by molar-refractivity contribution is 0.0696. The zero-order chi connectivity index (χ0) is 14.3. The second kappa shape index (κ2) is 7.74. The van der Waals surface area contributed by atoms with Crippen molar-refractivity contribution >= 4 is 5.97 Å². The van der Waals surface area contributed by atoms with Crippen LogP contribution in [0.15, 0.2) is 12.1 Å². The number of aromatic carboxylic acids is 1. The van der Waals surface area contributed by atoms with Crippen LogP contribution in [0, 0.1) is 0 Å². The maximum atomic E-state index is 11.0. The summed E-state index contributed by atoms with van der Waals surface area (Å²) in [6.07, 6.45) is 0.688. The zero-order valence-electron chi connectivity index (χ0n) is 11.8. The van der Waals surface area contributed by atoms with E-state index in [1.165, 1.54) is 6.07 Å². The summed E-state index contributed by atoms with van der Waals surface area (Å²) in [7, 11) is 0. The molecule has 1 heterocycles. The van der Waals surface area contributed by atoms with Gasteiger partial charge in [-0.15, -0.1) is 0 Å². The van der Waals surface area contributed by atoms with Gasteiger partial charge in [-0.05, 0) is 25.6 Å². The molecule has 19 heavy (non-hydrogen) atoms. The minimum Gasteiger partial charge on any atom is -0.478 e. The van der Waals surface area contributed by atoms with Crippen molar-refractivity contribution in [3.63, 3.8) is 0 Å². The molecule has 0 unspecified atom stereocenters. The standard InChI is InChI=1S/C14H22N2O3/c1-4-12-9-11(14(17)18)10-13(15-12)19-8-7-16(5-2)6-3/h9-10H,4-8H2,1-3H3,(H,17,18). The van der Waals surface area contributed by atoms with Gasteiger partial charge in [0.2, 0.25) is 5.88 Å². The molecule has 106 valence electrons. The zero-order valence-corrected chi connectivity index (χ0v) is 11.8. The maximum Gasteiger partial charge on any atom is 0.335 e. The van der Waals surface area contributed by atoms with Gasteiger partial charge in [-0.1, -0.05) is 20.8 Å². The molecule has 1 aromatic rings. The molecule has 5 nitrogen and oxygen atoms in total. The fourth-order valence-corrected chi connectivity index (χ4v) is 1.76. The van der Waals surface area contributed by atoms with Crippen molar-refractivity contribution in [1.29, 1.82) is 0 Å². The maximum absolute atomic E-state index is 11.0. The van der Waals surface area contributed by atoms with Crippen LogP contribution in [0.1, 0.15) is 36.8 Å². The van der Waals surface area contributed by atoms with Gasteiger partial charge in [0.05, 0.1) is 5.56 Å². The van der Waals surface area contributed by atoms with E-state index in [-0.39, 0.29) is 5.56 Å². The molecule has 0 aliphatic rings. The third-order valence-electron chi connectivity index (χ3n) is 3.02. The first-order valence-corrected chi connectivity index (χ1v) is 6.70. The first-order chi connectivity index (χ1) is 9.10. The molecule has 0 fully saturated rings. The summed E-state index contributed by atoms with van der Waals surface area (Å²) < 4.78 is 5.56. The summed E-state index contributed by atoms with van der Waals surface area (Å²) in [5.74, 6) is -0.561. The Hall–Kier alpha value is -1.62. The number of aromatic nitrogens is 1. The van der Waals surface area contributed by atoms with Crippen LogP contribution in [-0.2, 0) is 6.42 Å². The average molecular weight is 266 g/mol. The van der Waals surface area contributed by atoms with Crippen LogP contribution in [0.4, 0.5) is 0 Å². The number of rotatable bonds is 8. The van der Waals surface area contributed by atoms with Gasteiger partial charge in [-0.3, -0.25) is 0 Å². The summed E-state index contributed by atoms with van der Waals surface area (Å²) in [6, 6.07) is 3.06. The topological polar surface area (TPSA) is 62.7 Å². The van der Waals surface area contributed by atoms with E-state index in [2.05, 4.69) is 23.7 Å². The van der Waals surface area contributed by atoms with Crippen LogP contribution in [0.3, 0.4) is 0 Å². The molecule has 0 aromatic carbocycles. The van der Waals surface area contributed by atoms with E-state index in [9.17, 15) is 4.79 Å². The molecule has 0 radical (unpaired) electrons. The fourth-order valence-electron chi connectivity index (χ4n) is 1.76. The summed E-state index contributed by atoms with van der Waals surface area (Å²) in [6.45, 7) is 9.41. The molecule has 0 saturated heterocycles. The molecule has 0 atom stereocenters. The normalized spacial score (nSPS) is 10.7. The number of hydrogen-bond donors (Lipinski definition) is 1. The van der Waals surface area contributed by atoms with Crippen molar-refractivity contribution in [3.05, 3.63) is 23.4 Å². The number of ether oxygens (including phenoxy) is 1. The van der Waals surface area contributed by atoms with Gasteiger partial charge < -0.3 is 14.7 Å². The highest BCUT2D eigenvalue weighted by Crippen LogP contribution is 2.13. The Morgan fingerprint density at radius 3 is 2.53 bits per heavy atom. The minimum absolute atomic E-state index is 0.227. The van der Waals surface area contributed by atoms with Crippen molar-refractivity contribution in [1.82, 2.24) is 9.88 Å². The van der Waals surface area contributed by atoms with Crippen LogP contribution in [-0.4, -0.2) is 47.2 Å². The second-order valence-corrected chi connectivity index (χ2v) is 4.22. The Kier molecular flexibility index (Phi) is 6.29. The van der Waals surface area contributed by atoms with E-state index >= 15 is 0 Å². The van der Waals surface area contributed by atoms with E-state index in [1.807, 2.05) is 6.92 Å². The molecule has 0 saturated carbocycles. The first kappa shape index (κ1) is 15.4. The lowest BCUT2D eigenvalue weighted by atomic mass is 10.2. The number of likely N-dealkylation sites (N-methyl/N-ethyl adjacent to an activating group) is 1. The summed E-state index contributed by atoms with van der Waals surface area (Å²) in [5.41, 5.74) is 0.961. The van der Waals surface area contributed by atoms with E-state index in [0.717, 1.165) is 25.3 Å². The lowest BCUT2D eigenvalue weighted by Gasteiger charge is -2.17. The second-order valence-electron chi connectivity index (χ2n) is 4.22. The molecule has 1 aromatic heterocycles. The number of carboxylic acid groups (broad SMARTS) is 1. The van der Waals surface area contributed by atoms with Crippen LogP contribution in [0.2, 0.25) is 0 Å². The van der Waals surface area contributed by atoms with Crippen LogP contribution in [0.25, 0.3) is 0 Å². The highest BCUT2D eigenvalue weighted by atomic mass is 16.5. The Morgan fingerprint density at radius 2 is 2.00 bits per heavy atom. The van der Waals surface area contributed by atoms with Crippen molar-refractivity contribution in [2.75, 3.05) is 26.2 Å². The van der Waals surface area contributed by atoms with Gasteiger partial charge >= 0.3 is 5.97 Å². The summed E-state index contributed by atoms with van der Waals surface area (Å²) >= 11 is 0. The monoisotopic (exact) mass is 266 g/mol. The Morgan fingerprint density at radius 1 is 1.32 bits per heavy atom. The minimum atomic E-state index is -0.953. The van der Waals surface area contributed by atoms with Crippen molar-refractivity contribution in [2.24, 2.45) is 0 Å². The molecular formula is C14H22N2O3. The molecule has 1 rings (SSSR count). The molecule has 5 heteroatoms. The van der Waals surface area contributed by atoms with Gasteiger partial charge in [-0.25, -0.2) is 9.78 Å². The number of carboxylic acids is 1. The number of pyridine rings is 1. The van der Waals surface area contributed by atoms with Crippen LogP contribution < -0.4 is 4.74 Å². The molecule has 0 amide bonds. The Balaban J connectivity index is 2.67. The molecule has 0 spiro atoms. The van der Waals surface area contributed by atoms with Crippen LogP contribution >= 0.6 is 0 Å². The highest BCUT2D eigenvalue weighted by Gasteiger charge is 2.09. The predicted molar refractivity (Wildman–Crippen MR) is 73.9 cm³/mol. The third kappa shape index (κ3) is 4.87. The average Bonchev–Trinajstić information content (AvgIpc) is 2.43. The van der Waals surface area contributed by atoms with Crippen molar-refractivity contribution in [2.45, 2.75) is 27.2 Å². The van der Waals surface area contributed by atoms with E-state index in [4.69, 9.17) is 9.84 Å². The summed E-state index contributed by atoms with van der Waals surface area (Å²) in [5, 5.41) is 9.03. The first-order valence-electron chi connectivity index (χ1n) is 6.70. The van der Waals surface area contributed by atoms with Gasteiger partial charge in [-0.2, -0.15) is 0 Å². The number of aryl methyl sites for hydroxylation is 1. The van der Waals surface area contributed by atoms with E-state index in [0.29, 0.717) is 18.9 Å². The van der Waals surface area contributed by atoms with E-state index in [1.54, 1.807) is 6.07 Å². The number of carbonyl (C=O) groups is 1. The van der Waals surface area contributed by atoms with Gasteiger partial charge in [0, 0.05) is 18.3 Å². The predicted octanol–water partition coefficient (Wildman–Crippen LogP) is 2.06. The number of hydrogen-bond acceptors (Lipinski definition) is 4. The van der Waals surface area contributed by atoms with Crippen molar-refractivity contribution < 1.29 is 14.6 Å². The Labute approximate surface area is 114 Å². The quantitative estimate of drug-likeness (QED) is 0.780. The smallest absolute Gasteiger partial charge is 0.335 e. The number of nitrogens with zero attached hydrogens (tertiary/aromatic N) is 2. The molecule has 1 N–H and O–H groups in total. The Bertz CT molecular complexity index is 417. The molecule has 0 bridgehead atoms. The van der Waals surface area contributed by atoms with Gasteiger partial charge in [0.1, 0.15) is 6.61 Å². The highest BCUT2D eigenvalue weighted by molar-refractivity contribution is 5.88.